The van der Waals surface area contributed by atoms with Crippen molar-refractivity contribution < 1.29 is 19.8 Å². The van der Waals surface area contributed by atoms with Crippen molar-refractivity contribution in [2.45, 2.75) is 39.7 Å². The van der Waals surface area contributed by atoms with E-state index in [0.717, 1.165) is 43.0 Å². The summed E-state index contributed by atoms with van der Waals surface area (Å²) in [5, 5.41) is 19.5. The molecule has 10 heteroatoms. The van der Waals surface area contributed by atoms with Crippen LogP contribution in [0.4, 0.5) is 0 Å². The number of amides is 1. The molecule has 1 amide bonds. The van der Waals surface area contributed by atoms with Gasteiger partial charge in [-0.3, -0.25) is 19.6 Å². The summed E-state index contributed by atoms with van der Waals surface area (Å²) in [6, 6.07) is 14.7. The van der Waals surface area contributed by atoms with Gasteiger partial charge < -0.3 is 15.9 Å². The fourth-order valence-electron chi connectivity index (χ4n) is 4.10. The minimum Gasteiger partial charge on any atom is -0.481 e. The zero-order valence-corrected chi connectivity index (χ0v) is 24.5. The second-order valence-corrected chi connectivity index (χ2v) is 11.9. The number of carbonyl (C=O) groups excluding carboxylic acids is 1. The Labute approximate surface area is 246 Å². The average Bonchev–Trinajstić information content (AvgIpc) is 3.32. The second kappa shape index (κ2) is 12.1. The van der Waals surface area contributed by atoms with Crippen LogP contribution in [0.3, 0.4) is 0 Å². The van der Waals surface area contributed by atoms with Gasteiger partial charge in [0.1, 0.15) is 5.01 Å². The van der Waals surface area contributed by atoms with Gasteiger partial charge in [-0.2, -0.15) is 0 Å². The highest BCUT2D eigenvalue weighted by molar-refractivity contribution is 7.22. The number of aliphatic hydroxyl groups is 1. The maximum absolute atomic E-state index is 11.7. The molecule has 0 radical (unpaired) electrons. The first kappa shape index (κ1) is 29.8. The number of rotatable bonds is 6. The Kier molecular flexibility index (Phi) is 8.82. The van der Waals surface area contributed by atoms with E-state index in [4.69, 9.17) is 27.4 Å². The van der Waals surface area contributed by atoms with Crippen molar-refractivity contribution in [3.63, 3.8) is 0 Å². The number of halogens is 1. The summed E-state index contributed by atoms with van der Waals surface area (Å²) in [6.45, 7) is 7.13. The summed E-state index contributed by atoms with van der Waals surface area (Å²) < 4.78 is 0.893. The topological polar surface area (TPSA) is 139 Å². The van der Waals surface area contributed by atoms with Gasteiger partial charge >= 0.3 is 5.97 Å². The van der Waals surface area contributed by atoms with Gasteiger partial charge in [-0.05, 0) is 80.8 Å². The fourth-order valence-corrected chi connectivity index (χ4v) is 5.36. The molecule has 3 heterocycles. The van der Waals surface area contributed by atoms with Crippen LogP contribution in [0.2, 0.25) is 5.02 Å². The van der Waals surface area contributed by atoms with Crippen LogP contribution in [0.25, 0.3) is 43.2 Å². The zero-order valence-electron chi connectivity index (χ0n) is 23.0. The summed E-state index contributed by atoms with van der Waals surface area (Å²) in [5.41, 5.74) is 11.4. The molecule has 0 unspecified atom stereocenters. The maximum atomic E-state index is 11.7. The number of pyridine rings is 2. The van der Waals surface area contributed by atoms with Gasteiger partial charge in [-0.1, -0.05) is 23.7 Å². The lowest BCUT2D eigenvalue weighted by atomic mass is 9.93. The molecule has 0 bridgehead atoms. The van der Waals surface area contributed by atoms with Gasteiger partial charge in [0.25, 0.3) is 0 Å². The number of carbonyl (C=O) groups is 2. The van der Waals surface area contributed by atoms with E-state index in [-0.39, 0.29) is 6.42 Å². The van der Waals surface area contributed by atoms with Crippen LogP contribution in [0, 0.1) is 6.92 Å². The van der Waals surface area contributed by atoms with Crippen molar-refractivity contribution in [3.05, 3.63) is 88.8 Å². The molecule has 4 N–H and O–H groups in total. The van der Waals surface area contributed by atoms with Crippen LogP contribution in [-0.4, -0.2) is 42.6 Å². The number of hydrogen-bond donors (Lipinski definition) is 3. The molecule has 3 aromatic heterocycles. The average molecular weight is 589 g/mol. The normalized spacial score (nSPS) is 11.2. The predicted molar refractivity (Wildman–Crippen MR) is 163 cm³/mol. The standard InChI is InChI=1S/C27H19ClN4O3S.C4H10O/c1-14-8-22-25(24(20(14)11-23(33)34)15-2-4-19(28)5-3-15)36-27(32-22)16-6-7-31-21(10-16)17-9-18(26(29)35)13-30-12-17;1-4(2,3)5/h2-10,12-13H,11H2,1H3,(H2,29,35)(H,33,34);5H,1-3H3. The van der Waals surface area contributed by atoms with Crippen LogP contribution in [-0.2, 0) is 11.2 Å². The number of primary amides is 1. The SMILES string of the molecule is CC(C)(C)O.Cc1cc2nc(-c3ccnc(-c4cncc(C(N)=O)c4)c3)sc2c(-c2ccc(Cl)cc2)c1CC(=O)O. The van der Waals surface area contributed by atoms with E-state index in [2.05, 4.69) is 9.97 Å². The number of thiazole rings is 1. The Hall–Kier alpha value is -4.18. The van der Waals surface area contributed by atoms with E-state index in [1.54, 1.807) is 51.4 Å². The molecular formula is C31H29ClN4O4S. The van der Waals surface area contributed by atoms with Crippen molar-refractivity contribution in [2.75, 3.05) is 0 Å². The zero-order chi connectivity index (χ0) is 29.9. The Morgan fingerprint density at radius 3 is 2.32 bits per heavy atom. The van der Waals surface area contributed by atoms with Gasteiger partial charge in [-0.15, -0.1) is 11.3 Å². The van der Waals surface area contributed by atoms with Crippen molar-refractivity contribution in [3.8, 4) is 33.0 Å². The quantitative estimate of drug-likeness (QED) is 0.204. The molecule has 0 fully saturated rings. The molecule has 0 aliphatic heterocycles. The highest BCUT2D eigenvalue weighted by Gasteiger charge is 2.20. The minimum atomic E-state index is -0.900. The number of nitrogens with two attached hydrogens (primary N) is 1. The lowest BCUT2D eigenvalue weighted by molar-refractivity contribution is -0.136. The molecule has 5 rings (SSSR count). The highest BCUT2D eigenvalue weighted by atomic mass is 35.5. The monoisotopic (exact) mass is 588 g/mol. The maximum Gasteiger partial charge on any atom is 0.307 e. The van der Waals surface area contributed by atoms with Crippen LogP contribution in [0.15, 0.2) is 67.1 Å². The molecule has 0 saturated heterocycles. The fraction of sp³-hybridized carbons (Fsp3) is 0.194. The number of hydrogen-bond acceptors (Lipinski definition) is 7. The largest absolute Gasteiger partial charge is 0.481 e. The Morgan fingerprint density at radius 1 is 1.00 bits per heavy atom. The Balaban J connectivity index is 0.000000714. The molecule has 210 valence electrons. The molecule has 0 saturated carbocycles. The van der Waals surface area contributed by atoms with Gasteiger partial charge in [0.2, 0.25) is 5.91 Å². The molecule has 8 nitrogen and oxygen atoms in total. The first-order valence-electron chi connectivity index (χ1n) is 12.6. The van der Waals surface area contributed by atoms with Crippen molar-refractivity contribution in [1.29, 1.82) is 0 Å². The molecule has 0 atom stereocenters. The summed E-state index contributed by atoms with van der Waals surface area (Å²) in [7, 11) is 0. The molecule has 5 aromatic rings. The number of aromatic nitrogens is 3. The smallest absolute Gasteiger partial charge is 0.307 e. The van der Waals surface area contributed by atoms with E-state index < -0.39 is 17.5 Å². The van der Waals surface area contributed by atoms with Crippen molar-refractivity contribution in [1.82, 2.24) is 15.0 Å². The molecular weight excluding hydrogens is 560 g/mol. The van der Waals surface area contributed by atoms with Crippen LogP contribution < -0.4 is 5.73 Å². The van der Waals surface area contributed by atoms with Crippen LogP contribution in [0.1, 0.15) is 42.3 Å². The number of aryl methyl sites for hydroxylation is 1. The molecule has 2 aromatic carbocycles. The number of fused-ring (bicyclic) bond motifs is 1. The number of aliphatic carboxylic acids is 1. The first-order valence-corrected chi connectivity index (χ1v) is 13.8. The first-order chi connectivity index (χ1) is 19.3. The van der Waals surface area contributed by atoms with Gasteiger partial charge in [0, 0.05) is 40.3 Å². The minimum absolute atomic E-state index is 0.102. The molecule has 41 heavy (non-hydrogen) atoms. The number of benzene rings is 2. The molecule has 0 spiro atoms. The Bertz CT molecular complexity index is 1740. The summed E-state index contributed by atoms with van der Waals surface area (Å²) in [6.07, 6.45) is 4.61. The second-order valence-electron chi connectivity index (χ2n) is 10.4. The van der Waals surface area contributed by atoms with Gasteiger partial charge in [0.05, 0.1) is 33.5 Å². The number of carboxylic acid groups (broad SMARTS) is 1. The van der Waals surface area contributed by atoms with E-state index in [9.17, 15) is 14.7 Å². The summed E-state index contributed by atoms with van der Waals surface area (Å²) in [5.74, 6) is -1.46. The van der Waals surface area contributed by atoms with Gasteiger partial charge in [-0.25, -0.2) is 4.98 Å². The van der Waals surface area contributed by atoms with E-state index >= 15 is 0 Å². The highest BCUT2D eigenvalue weighted by Crippen LogP contribution is 2.41. The predicted octanol–water partition coefficient (Wildman–Crippen LogP) is 6.55. The third-order valence-corrected chi connectivity index (χ3v) is 7.19. The lowest BCUT2D eigenvalue weighted by Crippen LogP contribution is -2.11. The summed E-state index contributed by atoms with van der Waals surface area (Å²) in [4.78, 5) is 36.7. The molecule has 0 aliphatic rings. The Morgan fingerprint density at radius 2 is 1.68 bits per heavy atom. The van der Waals surface area contributed by atoms with E-state index in [1.165, 1.54) is 17.5 Å². The van der Waals surface area contributed by atoms with E-state index in [1.807, 2.05) is 37.3 Å². The third kappa shape index (κ3) is 7.52. The lowest BCUT2D eigenvalue weighted by Gasteiger charge is -2.13. The number of carboxylic acids is 1. The third-order valence-electron chi connectivity index (χ3n) is 5.80. The van der Waals surface area contributed by atoms with E-state index in [0.29, 0.717) is 21.8 Å². The van der Waals surface area contributed by atoms with Crippen LogP contribution >= 0.6 is 22.9 Å². The van der Waals surface area contributed by atoms with Crippen LogP contribution in [0.5, 0.6) is 0 Å². The van der Waals surface area contributed by atoms with Crippen molar-refractivity contribution in [2.24, 2.45) is 5.73 Å². The summed E-state index contributed by atoms with van der Waals surface area (Å²) >= 11 is 7.59. The van der Waals surface area contributed by atoms with Crippen molar-refractivity contribution >= 4 is 45.0 Å². The number of nitrogens with zero attached hydrogens (tertiary/aromatic N) is 3. The molecule has 0 aliphatic carbocycles. The van der Waals surface area contributed by atoms with Gasteiger partial charge in [0.15, 0.2) is 0 Å².